The number of unbranched alkanes of at least 4 members (excludes halogenated alkanes) is 1. The highest BCUT2D eigenvalue weighted by Crippen LogP contribution is 2.14. The van der Waals surface area contributed by atoms with Crippen LogP contribution in [0.5, 0.6) is 0 Å². The lowest BCUT2D eigenvalue weighted by Gasteiger charge is -2.02. The minimum Gasteiger partial charge on any atom is -0.255 e. The number of hydrogen-bond acceptors (Lipinski definition) is 2. The van der Waals surface area contributed by atoms with Crippen molar-refractivity contribution >= 4 is 0 Å². The van der Waals surface area contributed by atoms with Crippen LogP contribution >= 0.6 is 0 Å². The summed E-state index contributed by atoms with van der Waals surface area (Å²) in [6, 6.07) is 0. The Bertz CT molecular complexity index is 588. The Kier molecular flexibility index (Phi) is 22.9. The van der Waals surface area contributed by atoms with Crippen molar-refractivity contribution in [2.24, 2.45) is 0 Å². The average molecular weight is 445 g/mol. The van der Waals surface area contributed by atoms with Gasteiger partial charge in [0, 0.05) is 0 Å². The molecule has 0 saturated heterocycles. The van der Waals surface area contributed by atoms with Gasteiger partial charge in [-0.05, 0) is 120 Å². The first kappa shape index (κ1) is 32.5. The summed E-state index contributed by atoms with van der Waals surface area (Å²) in [5.41, 5.74) is 8.97. The minimum atomic E-state index is 1.17. The van der Waals surface area contributed by atoms with Gasteiger partial charge in [-0.15, -0.1) is 0 Å². The molecule has 0 radical (unpaired) electrons. The van der Waals surface area contributed by atoms with Crippen molar-refractivity contribution in [3.05, 3.63) is 69.9 Å². The summed E-state index contributed by atoms with van der Waals surface area (Å²) in [5.74, 6) is 0. The van der Waals surface area contributed by atoms with Crippen molar-refractivity contribution in [2.45, 2.75) is 120 Å². The van der Waals surface area contributed by atoms with Gasteiger partial charge < -0.3 is 0 Å². The second kappa shape index (κ2) is 22.6. The average Bonchev–Trinajstić information content (AvgIpc) is 2.72. The highest BCUT2D eigenvalue weighted by atomic mass is 17.0. The lowest BCUT2D eigenvalue weighted by atomic mass is 10.0. The fourth-order valence-electron chi connectivity index (χ4n) is 3.34. The van der Waals surface area contributed by atoms with Gasteiger partial charge in [0.25, 0.3) is 0 Å². The topological polar surface area (TPSA) is 40.5 Å². The molecule has 32 heavy (non-hydrogen) atoms. The monoisotopic (exact) mass is 444 g/mol. The molecule has 2 N–H and O–H groups in total. The van der Waals surface area contributed by atoms with Gasteiger partial charge in [-0.1, -0.05) is 69.9 Å². The Morgan fingerprint density at radius 1 is 0.375 bits per heavy atom. The maximum absolute atomic E-state index is 6.00. The summed E-state index contributed by atoms with van der Waals surface area (Å²) in [6.07, 6.45) is 26.2. The molecule has 2 nitrogen and oxygen atoms in total. The summed E-state index contributed by atoms with van der Waals surface area (Å²) in [6.45, 7) is 17.8. The van der Waals surface area contributed by atoms with Crippen molar-refractivity contribution < 1.29 is 10.5 Å². The summed E-state index contributed by atoms with van der Waals surface area (Å²) in [7, 11) is 0. The number of allylic oxidation sites excluding steroid dienone is 12. The molecule has 0 aliphatic rings. The summed E-state index contributed by atoms with van der Waals surface area (Å²) >= 11 is 0. The largest absolute Gasteiger partial charge is 0.255 e. The second-order valence-corrected chi connectivity index (χ2v) is 9.50. The van der Waals surface area contributed by atoms with Gasteiger partial charge in [0.05, 0.1) is 0 Å². The van der Waals surface area contributed by atoms with Gasteiger partial charge in [-0.2, -0.15) is 0 Å². The van der Waals surface area contributed by atoms with Gasteiger partial charge in [-0.3, -0.25) is 10.5 Å². The van der Waals surface area contributed by atoms with E-state index in [2.05, 4.69) is 91.8 Å². The van der Waals surface area contributed by atoms with Gasteiger partial charge in [0.1, 0.15) is 0 Å². The van der Waals surface area contributed by atoms with E-state index in [0.717, 1.165) is 0 Å². The Hall–Kier alpha value is -1.64. The molecular weight excluding hydrogens is 392 g/mol. The summed E-state index contributed by atoms with van der Waals surface area (Å²) in [4.78, 5) is 0. The van der Waals surface area contributed by atoms with Gasteiger partial charge >= 0.3 is 0 Å². The van der Waals surface area contributed by atoms with E-state index in [4.69, 9.17) is 10.5 Å². The van der Waals surface area contributed by atoms with E-state index in [1.165, 1.54) is 97.6 Å². The van der Waals surface area contributed by atoms with E-state index >= 15 is 0 Å². The maximum atomic E-state index is 6.00. The van der Waals surface area contributed by atoms with Crippen LogP contribution in [0.2, 0.25) is 0 Å². The number of hydrogen-bond donors (Lipinski definition) is 2. The van der Waals surface area contributed by atoms with Crippen LogP contribution in [-0.2, 0) is 0 Å². The van der Waals surface area contributed by atoms with Crippen LogP contribution in [-0.4, -0.2) is 10.5 Å². The molecule has 0 rings (SSSR count). The smallest absolute Gasteiger partial charge is 0.0288 e. The lowest BCUT2D eigenvalue weighted by Crippen LogP contribution is -1.82. The Balaban J connectivity index is 0. The quantitative estimate of drug-likeness (QED) is 0.114. The predicted octanol–water partition coefficient (Wildman–Crippen LogP) is 10.6. The van der Waals surface area contributed by atoms with Crippen molar-refractivity contribution in [1.82, 2.24) is 0 Å². The van der Waals surface area contributed by atoms with Gasteiger partial charge in [-0.25, -0.2) is 0 Å². The van der Waals surface area contributed by atoms with E-state index in [-0.39, 0.29) is 0 Å². The molecule has 0 amide bonds. The molecule has 0 aliphatic carbocycles. The molecule has 2 heteroatoms. The molecule has 0 spiro atoms. The maximum Gasteiger partial charge on any atom is -0.0288 e. The SMILES string of the molecule is CC(C)=CCC/C(C)=C/CC/C(C)=C/CC/C=C(\C)CC/C=C(\C)CCC=C(C)C.OO. The van der Waals surface area contributed by atoms with Crippen molar-refractivity contribution in [3.8, 4) is 0 Å². The van der Waals surface area contributed by atoms with Crippen molar-refractivity contribution in [2.75, 3.05) is 0 Å². The third-order valence-corrected chi connectivity index (χ3v) is 5.40. The minimum absolute atomic E-state index is 1.17. The number of rotatable bonds is 15. The zero-order valence-electron chi connectivity index (χ0n) is 22.4. The van der Waals surface area contributed by atoms with E-state index < -0.39 is 0 Å². The van der Waals surface area contributed by atoms with E-state index in [1.807, 2.05) is 0 Å². The lowest BCUT2D eigenvalue weighted by molar-refractivity contribution is -0.176. The molecule has 0 aromatic rings. The highest BCUT2D eigenvalue weighted by molar-refractivity contribution is 5.08. The van der Waals surface area contributed by atoms with E-state index in [0.29, 0.717) is 0 Å². The van der Waals surface area contributed by atoms with Crippen molar-refractivity contribution in [3.63, 3.8) is 0 Å². The molecule has 0 aromatic heterocycles. The van der Waals surface area contributed by atoms with Crippen LogP contribution < -0.4 is 0 Å². The van der Waals surface area contributed by atoms with Crippen LogP contribution in [0.1, 0.15) is 120 Å². The first-order chi connectivity index (χ1) is 15.2. The third-order valence-electron chi connectivity index (χ3n) is 5.40. The summed E-state index contributed by atoms with van der Waals surface area (Å²) in [5, 5.41) is 12.0. The molecule has 0 atom stereocenters. The van der Waals surface area contributed by atoms with Crippen LogP contribution in [0.15, 0.2) is 69.9 Å². The fourth-order valence-corrected chi connectivity index (χ4v) is 3.34. The van der Waals surface area contributed by atoms with Crippen LogP contribution in [0.4, 0.5) is 0 Å². The highest BCUT2D eigenvalue weighted by Gasteiger charge is 1.94. The predicted molar refractivity (Wildman–Crippen MR) is 145 cm³/mol. The molecule has 0 fully saturated rings. The first-order valence-corrected chi connectivity index (χ1v) is 12.3. The molecular formula is C30H52O2. The zero-order valence-corrected chi connectivity index (χ0v) is 22.4. The third kappa shape index (κ3) is 24.6. The fraction of sp³-hybridized carbons (Fsp3) is 0.600. The van der Waals surface area contributed by atoms with Crippen molar-refractivity contribution in [1.29, 1.82) is 0 Å². The van der Waals surface area contributed by atoms with Gasteiger partial charge in [0.2, 0.25) is 0 Å². The molecule has 0 aromatic carbocycles. The summed E-state index contributed by atoms with van der Waals surface area (Å²) < 4.78 is 0. The van der Waals surface area contributed by atoms with Crippen LogP contribution in [0.25, 0.3) is 0 Å². The normalized spacial score (nSPS) is 12.8. The van der Waals surface area contributed by atoms with E-state index in [1.54, 1.807) is 0 Å². The van der Waals surface area contributed by atoms with Crippen LogP contribution in [0, 0.1) is 0 Å². The Labute approximate surface area is 200 Å². The van der Waals surface area contributed by atoms with Gasteiger partial charge in [0.15, 0.2) is 0 Å². The second-order valence-electron chi connectivity index (χ2n) is 9.50. The zero-order chi connectivity index (χ0) is 24.8. The molecule has 0 aliphatic heterocycles. The molecule has 0 saturated carbocycles. The first-order valence-electron chi connectivity index (χ1n) is 12.3. The molecule has 0 unspecified atom stereocenters. The molecule has 0 bridgehead atoms. The Morgan fingerprint density at radius 3 is 0.844 bits per heavy atom. The standard InChI is InChI=1S/C30H50.H2O2/c1-25(2)15-11-19-29(7)23-13-21-27(5)17-9-10-18-28(6)22-14-24-30(8)20-12-16-26(3)4;1-2/h15-18,23-24H,9-14,19-22H2,1-8H3;1-2H/b27-17+,28-18+,29-23+,30-24+;. The molecule has 184 valence electrons. The van der Waals surface area contributed by atoms with E-state index in [9.17, 15) is 0 Å². The Morgan fingerprint density at radius 2 is 0.594 bits per heavy atom. The van der Waals surface area contributed by atoms with Crippen LogP contribution in [0.3, 0.4) is 0 Å². The molecule has 0 heterocycles.